The number of hydrogen-bond donors (Lipinski definition) is 1. The third-order valence-electron chi connectivity index (χ3n) is 5.54. The van der Waals surface area contributed by atoms with Gasteiger partial charge >= 0.3 is 0 Å². The Balaban J connectivity index is 1.33. The molecule has 3 fully saturated rings. The average Bonchev–Trinajstić information content (AvgIpc) is 3.18. The van der Waals surface area contributed by atoms with Gasteiger partial charge in [-0.15, -0.1) is 0 Å². The second-order valence-electron chi connectivity index (χ2n) is 7.40. The van der Waals surface area contributed by atoms with E-state index in [4.69, 9.17) is 0 Å². The lowest BCUT2D eigenvalue weighted by molar-refractivity contribution is 0.0152. The lowest BCUT2D eigenvalue weighted by atomic mass is 10.1. The molecule has 1 aromatic carbocycles. The maximum absolute atomic E-state index is 4.49. The molecule has 0 spiro atoms. The van der Waals surface area contributed by atoms with Crippen LogP contribution in [0.3, 0.4) is 0 Å². The summed E-state index contributed by atoms with van der Waals surface area (Å²) in [6.45, 7) is 7.70. The van der Waals surface area contributed by atoms with E-state index in [1.165, 1.54) is 26.2 Å². The smallest absolute Gasteiger partial charge is 0.193 e. The highest BCUT2D eigenvalue weighted by Crippen LogP contribution is 2.15. The number of aliphatic imine (C=N–C) groups is 1. The van der Waals surface area contributed by atoms with Crippen LogP contribution in [-0.2, 0) is 6.54 Å². The zero-order valence-electron chi connectivity index (χ0n) is 16.3. The van der Waals surface area contributed by atoms with Crippen LogP contribution in [0.1, 0.15) is 5.56 Å². The van der Waals surface area contributed by atoms with Crippen molar-refractivity contribution in [2.45, 2.75) is 12.6 Å². The van der Waals surface area contributed by atoms with Gasteiger partial charge in [-0.25, -0.2) is 4.68 Å². The normalized spacial score (nSPS) is 24.8. The van der Waals surface area contributed by atoms with Crippen molar-refractivity contribution in [3.63, 3.8) is 0 Å². The van der Waals surface area contributed by atoms with E-state index in [-0.39, 0.29) is 0 Å². The molecule has 2 aromatic rings. The number of nitrogens with one attached hydrogen (secondary N) is 1. The van der Waals surface area contributed by atoms with Crippen molar-refractivity contribution < 1.29 is 0 Å². The molecule has 4 heterocycles. The predicted molar refractivity (Wildman–Crippen MR) is 108 cm³/mol. The number of piperazine rings is 3. The summed E-state index contributed by atoms with van der Waals surface area (Å²) in [4.78, 5) is 11.8. The van der Waals surface area contributed by atoms with Crippen LogP contribution >= 0.6 is 0 Å². The van der Waals surface area contributed by atoms with Gasteiger partial charge in [0.25, 0.3) is 0 Å². The first-order valence-electron chi connectivity index (χ1n) is 9.70. The monoisotopic (exact) mass is 367 g/mol. The van der Waals surface area contributed by atoms with Crippen molar-refractivity contribution in [3.05, 3.63) is 48.3 Å². The summed E-state index contributed by atoms with van der Waals surface area (Å²) in [7, 11) is 3.93. The van der Waals surface area contributed by atoms with Gasteiger partial charge in [0.1, 0.15) is 0 Å². The average molecular weight is 368 g/mol. The number of guanidine groups is 1. The molecule has 1 atom stereocenters. The maximum atomic E-state index is 4.49. The summed E-state index contributed by atoms with van der Waals surface area (Å²) in [5, 5.41) is 8.05. The zero-order chi connectivity index (χ0) is 18.6. The van der Waals surface area contributed by atoms with Crippen molar-refractivity contribution in [3.8, 4) is 5.69 Å². The van der Waals surface area contributed by atoms with Gasteiger partial charge in [0.05, 0.1) is 11.9 Å². The van der Waals surface area contributed by atoms with Gasteiger partial charge in [0.15, 0.2) is 5.96 Å². The molecule has 3 aliphatic heterocycles. The number of aromatic nitrogens is 2. The Morgan fingerprint density at radius 2 is 2.00 bits per heavy atom. The van der Waals surface area contributed by atoms with Crippen LogP contribution in [-0.4, -0.2) is 89.8 Å². The number of para-hydroxylation sites is 1. The summed E-state index contributed by atoms with van der Waals surface area (Å²) >= 11 is 0. The largest absolute Gasteiger partial charge is 0.355 e. The molecule has 0 aliphatic carbocycles. The van der Waals surface area contributed by atoms with Gasteiger partial charge < -0.3 is 10.2 Å². The molecule has 5 rings (SSSR count). The highest BCUT2D eigenvalue weighted by molar-refractivity contribution is 5.79. The Bertz CT molecular complexity index is 762. The fourth-order valence-corrected chi connectivity index (χ4v) is 4.02. The van der Waals surface area contributed by atoms with E-state index >= 15 is 0 Å². The SMILES string of the molecule is CN=C(NCC1CN2CCN1CC2)N(C)Cc1cnn(-c2ccccc2)c1. The molecule has 0 saturated carbocycles. The molecule has 0 amide bonds. The Morgan fingerprint density at radius 1 is 1.22 bits per heavy atom. The van der Waals surface area contributed by atoms with E-state index in [0.29, 0.717) is 6.04 Å². The van der Waals surface area contributed by atoms with Crippen molar-refractivity contribution in [1.29, 1.82) is 0 Å². The fourth-order valence-electron chi connectivity index (χ4n) is 4.02. The third kappa shape index (κ3) is 4.14. The molecule has 27 heavy (non-hydrogen) atoms. The minimum atomic E-state index is 0.582. The quantitative estimate of drug-likeness (QED) is 0.628. The standard InChI is InChI=1S/C20H29N7/c1-21-20(22-13-19-16-25-8-10-26(19)11-9-25)24(2)14-17-12-23-27(15-17)18-6-4-3-5-7-18/h3-7,12,15,19H,8-11,13-14,16H2,1-2H3,(H,21,22). The van der Waals surface area contributed by atoms with E-state index in [1.54, 1.807) is 0 Å². The van der Waals surface area contributed by atoms with Gasteiger partial charge in [-0.05, 0) is 12.1 Å². The van der Waals surface area contributed by atoms with Crippen LogP contribution in [0.2, 0.25) is 0 Å². The maximum Gasteiger partial charge on any atom is 0.193 e. The minimum Gasteiger partial charge on any atom is -0.355 e. The van der Waals surface area contributed by atoms with Crippen molar-refractivity contribution in [2.24, 2.45) is 4.99 Å². The van der Waals surface area contributed by atoms with Crippen LogP contribution in [0.5, 0.6) is 0 Å². The first kappa shape index (κ1) is 18.0. The number of benzene rings is 1. The van der Waals surface area contributed by atoms with Crippen molar-refractivity contribution >= 4 is 5.96 Å². The Hall–Kier alpha value is -2.38. The van der Waals surface area contributed by atoms with Crippen molar-refractivity contribution in [1.82, 2.24) is 29.8 Å². The Kier molecular flexibility index (Phi) is 5.40. The van der Waals surface area contributed by atoms with E-state index in [9.17, 15) is 0 Å². The van der Waals surface area contributed by atoms with Gasteiger partial charge in [0.2, 0.25) is 0 Å². The van der Waals surface area contributed by atoms with Crippen LogP contribution in [0, 0.1) is 0 Å². The molecular weight excluding hydrogens is 338 g/mol. The zero-order valence-corrected chi connectivity index (χ0v) is 16.3. The number of nitrogens with zero attached hydrogens (tertiary/aromatic N) is 6. The van der Waals surface area contributed by atoms with E-state index in [0.717, 1.165) is 36.8 Å². The summed E-state index contributed by atoms with van der Waals surface area (Å²) in [5.74, 6) is 0.931. The number of hydrogen-bond acceptors (Lipinski definition) is 4. The van der Waals surface area contributed by atoms with Gasteiger partial charge in [-0.1, -0.05) is 18.2 Å². The topological polar surface area (TPSA) is 51.9 Å². The van der Waals surface area contributed by atoms with E-state index in [1.807, 2.05) is 36.1 Å². The number of fused-ring (bicyclic) bond motifs is 3. The van der Waals surface area contributed by atoms with Crippen LogP contribution < -0.4 is 5.32 Å². The first-order valence-corrected chi connectivity index (χ1v) is 9.70. The Labute approximate surface area is 161 Å². The molecule has 3 saturated heterocycles. The second-order valence-corrected chi connectivity index (χ2v) is 7.40. The molecular formula is C20H29N7. The molecule has 1 unspecified atom stereocenters. The van der Waals surface area contributed by atoms with Crippen LogP contribution in [0.15, 0.2) is 47.7 Å². The molecule has 144 valence electrons. The lowest BCUT2D eigenvalue weighted by Gasteiger charge is -2.47. The number of rotatable bonds is 5. The summed E-state index contributed by atoms with van der Waals surface area (Å²) < 4.78 is 1.92. The molecule has 1 aromatic heterocycles. The van der Waals surface area contributed by atoms with Crippen LogP contribution in [0.4, 0.5) is 0 Å². The predicted octanol–water partition coefficient (Wildman–Crippen LogP) is 0.879. The molecule has 2 bridgehead atoms. The lowest BCUT2D eigenvalue weighted by Crippen LogP contribution is -2.63. The van der Waals surface area contributed by atoms with Gasteiger partial charge in [-0.3, -0.25) is 14.8 Å². The first-order chi connectivity index (χ1) is 13.2. The third-order valence-corrected chi connectivity index (χ3v) is 5.54. The fraction of sp³-hybridized carbons (Fsp3) is 0.500. The van der Waals surface area contributed by atoms with Crippen LogP contribution in [0.25, 0.3) is 5.69 Å². The molecule has 3 aliphatic rings. The summed E-state index contributed by atoms with van der Waals surface area (Å²) in [6, 6.07) is 10.8. The van der Waals surface area contributed by atoms with Crippen molar-refractivity contribution in [2.75, 3.05) is 53.4 Å². The highest BCUT2D eigenvalue weighted by Gasteiger charge is 2.31. The summed E-state index contributed by atoms with van der Waals surface area (Å²) in [5.41, 5.74) is 2.24. The second kappa shape index (κ2) is 8.10. The minimum absolute atomic E-state index is 0.582. The summed E-state index contributed by atoms with van der Waals surface area (Å²) in [6.07, 6.45) is 4.01. The van der Waals surface area contributed by atoms with Gasteiger partial charge in [0, 0.05) is 77.7 Å². The van der Waals surface area contributed by atoms with E-state index in [2.05, 4.69) is 55.5 Å². The van der Waals surface area contributed by atoms with Gasteiger partial charge in [-0.2, -0.15) is 5.10 Å². The van der Waals surface area contributed by atoms with E-state index < -0.39 is 0 Å². The molecule has 7 nitrogen and oxygen atoms in total. The Morgan fingerprint density at radius 3 is 2.67 bits per heavy atom. The molecule has 0 radical (unpaired) electrons. The molecule has 7 heteroatoms. The molecule has 1 N–H and O–H groups in total. The highest BCUT2D eigenvalue weighted by atomic mass is 15.4.